The summed E-state index contributed by atoms with van der Waals surface area (Å²) < 4.78 is 5.31. The van der Waals surface area contributed by atoms with E-state index in [0.29, 0.717) is 5.41 Å². The maximum atomic E-state index is 5.31. The van der Waals surface area contributed by atoms with Gasteiger partial charge in [0.15, 0.2) is 0 Å². The highest BCUT2D eigenvalue weighted by Gasteiger charge is 2.38. The molecule has 1 N–H and O–H groups in total. The molecule has 2 nitrogen and oxygen atoms in total. The van der Waals surface area contributed by atoms with Crippen LogP contribution in [0.3, 0.4) is 0 Å². The molecule has 0 aromatic heterocycles. The number of ether oxygens (including phenoxy) is 1. The van der Waals surface area contributed by atoms with Crippen molar-refractivity contribution in [3.8, 4) is 5.75 Å². The van der Waals surface area contributed by atoms with Crippen LogP contribution in [0.15, 0.2) is 24.3 Å². The first-order valence-electron chi connectivity index (χ1n) is 7.16. The molecule has 0 heterocycles. The van der Waals surface area contributed by atoms with E-state index in [1.54, 1.807) is 7.11 Å². The lowest BCUT2D eigenvalue weighted by Gasteiger charge is -2.42. The largest absolute Gasteiger partial charge is 0.497 e. The van der Waals surface area contributed by atoms with E-state index in [4.69, 9.17) is 4.74 Å². The molecule has 0 saturated heterocycles. The Morgan fingerprint density at radius 2 is 2.17 bits per heavy atom. The zero-order valence-electron chi connectivity index (χ0n) is 11.2. The average Bonchev–Trinajstić information content (AvgIpc) is 3.17. The molecule has 0 radical (unpaired) electrons. The van der Waals surface area contributed by atoms with Crippen LogP contribution in [-0.4, -0.2) is 19.7 Å². The van der Waals surface area contributed by atoms with Crippen LogP contribution in [0.5, 0.6) is 5.75 Å². The van der Waals surface area contributed by atoms with Crippen LogP contribution < -0.4 is 10.1 Å². The third kappa shape index (κ3) is 2.69. The summed E-state index contributed by atoms with van der Waals surface area (Å²) in [6.45, 7) is 1.20. The molecule has 0 atom stereocenters. The minimum Gasteiger partial charge on any atom is -0.497 e. The van der Waals surface area contributed by atoms with Crippen LogP contribution in [0.1, 0.15) is 37.7 Å². The van der Waals surface area contributed by atoms with E-state index < -0.39 is 0 Å². The van der Waals surface area contributed by atoms with Crippen molar-refractivity contribution in [2.45, 2.75) is 44.6 Å². The van der Waals surface area contributed by atoms with Crippen LogP contribution in [0.2, 0.25) is 0 Å². The molecule has 2 heteroatoms. The SMILES string of the molecule is COc1cccc(CC2(CNC3CC3)CCC2)c1. The van der Waals surface area contributed by atoms with Crippen LogP contribution in [0.25, 0.3) is 0 Å². The van der Waals surface area contributed by atoms with E-state index in [0.717, 1.165) is 11.8 Å². The van der Waals surface area contributed by atoms with Gasteiger partial charge in [-0.2, -0.15) is 0 Å². The topological polar surface area (TPSA) is 21.3 Å². The molecule has 98 valence electrons. The molecule has 1 aromatic carbocycles. The van der Waals surface area contributed by atoms with Gasteiger partial charge in [0.25, 0.3) is 0 Å². The number of rotatable bonds is 6. The summed E-state index contributed by atoms with van der Waals surface area (Å²) in [5, 5.41) is 3.72. The van der Waals surface area contributed by atoms with Crippen molar-refractivity contribution >= 4 is 0 Å². The molecular formula is C16H23NO. The first-order chi connectivity index (χ1) is 8.80. The summed E-state index contributed by atoms with van der Waals surface area (Å²) in [6, 6.07) is 9.39. The van der Waals surface area contributed by atoms with Gasteiger partial charge in [-0.1, -0.05) is 18.6 Å². The van der Waals surface area contributed by atoms with Crippen LogP contribution in [-0.2, 0) is 6.42 Å². The van der Waals surface area contributed by atoms with Crippen molar-refractivity contribution in [1.29, 1.82) is 0 Å². The van der Waals surface area contributed by atoms with E-state index in [-0.39, 0.29) is 0 Å². The highest BCUT2D eigenvalue weighted by atomic mass is 16.5. The Bertz CT molecular complexity index is 407. The molecule has 0 bridgehead atoms. The van der Waals surface area contributed by atoms with Gasteiger partial charge in [0, 0.05) is 12.6 Å². The first kappa shape index (κ1) is 12.0. The monoisotopic (exact) mass is 245 g/mol. The maximum absolute atomic E-state index is 5.31. The molecule has 2 aliphatic carbocycles. The molecule has 2 fully saturated rings. The van der Waals surface area contributed by atoms with Gasteiger partial charge in [0.1, 0.15) is 5.75 Å². The number of benzene rings is 1. The van der Waals surface area contributed by atoms with Gasteiger partial charge in [-0.15, -0.1) is 0 Å². The maximum Gasteiger partial charge on any atom is 0.119 e. The average molecular weight is 245 g/mol. The van der Waals surface area contributed by atoms with E-state index in [2.05, 4.69) is 23.5 Å². The lowest BCUT2D eigenvalue weighted by Crippen LogP contribution is -2.42. The second-order valence-corrected chi connectivity index (χ2v) is 6.04. The normalized spacial score (nSPS) is 21.4. The van der Waals surface area contributed by atoms with Crippen molar-refractivity contribution < 1.29 is 4.74 Å². The molecule has 2 aliphatic rings. The molecular weight excluding hydrogens is 222 g/mol. The fraction of sp³-hybridized carbons (Fsp3) is 0.625. The van der Waals surface area contributed by atoms with Gasteiger partial charge in [-0.3, -0.25) is 0 Å². The number of nitrogens with one attached hydrogen (secondary N) is 1. The van der Waals surface area contributed by atoms with Crippen molar-refractivity contribution in [3.63, 3.8) is 0 Å². The minimum atomic E-state index is 0.523. The van der Waals surface area contributed by atoms with Crippen LogP contribution in [0.4, 0.5) is 0 Å². The molecule has 0 unspecified atom stereocenters. The van der Waals surface area contributed by atoms with Gasteiger partial charge in [-0.05, 0) is 55.2 Å². The molecule has 1 aromatic rings. The van der Waals surface area contributed by atoms with Gasteiger partial charge in [0.05, 0.1) is 7.11 Å². The predicted octanol–water partition coefficient (Wildman–Crippen LogP) is 3.16. The molecule has 0 amide bonds. The second-order valence-electron chi connectivity index (χ2n) is 6.04. The van der Waals surface area contributed by atoms with Crippen molar-refractivity contribution in [2.24, 2.45) is 5.41 Å². The van der Waals surface area contributed by atoms with Gasteiger partial charge in [0.2, 0.25) is 0 Å². The Morgan fingerprint density at radius 3 is 2.78 bits per heavy atom. The molecule has 3 rings (SSSR count). The summed E-state index contributed by atoms with van der Waals surface area (Å²) in [6.07, 6.45) is 8.12. The van der Waals surface area contributed by atoms with Crippen LogP contribution >= 0.6 is 0 Å². The number of hydrogen-bond acceptors (Lipinski definition) is 2. The standard InChI is InChI=1S/C16H23NO/c1-18-15-5-2-4-13(10-15)11-16(8-3-9-16)12-17-14-6-7-14/h2,4-5,10,14,17H,3,6-9,11-12H2,1H3. The zero-order chi connectivity index (χ0) is 12.4. The Kier molecular flexibility index (Phi) is 3.29. The fourth-order valence-electron chi connectivity index (χ4n) is 2.96. The highest BCUT2D eigenvalue weighted by molar-refractivity contribution is 5.29. The second kappa shape index (κ2) is 4.93. The van der Waals surface area contributed by atoms with E-state index in [1.807, 2.05) is 6.07 Å². The van der Waals surface area contributed by atoms with Crippen LogP contribution in [0, 0.1) is 5.41 Å². The van der Waals surface area contributed by atoms with E-state index in [9.17, 15) is 0 Å². The predicted molar refractivity (Wildman–Crippen MR) is 74.0 cm³/mol. The van der Waals surface area contributed by atoms with Crippen molar-refractivity contribution in [1.82, 2.24) is 5.32 Å². The number of hydrogen-bond donors (Lipinski definition) is 1. The summed E-state index contributed by atoms with van der Waals surface area (Å²) in [4.78, 5) is 0. The third-order valence-corrected chi connectivity index (χ3v) is 4.47. The van der Waals surface area contributed by atoms with Gasteiger partial charge < -0.3 is 10.1 Å². The summed E-state index contributed by atoms with van der Waals surface area (Å²) in [7, 11) is 1.74. The van der Waals surface area contributed by atoms with Crippen molar-refractivity contribution in [2.75, 3.05) is 13.7 Å². The van der Waals surface area contributed by atoms with Gasteiger partial charge >= 0.3 is 0 Å². The Balaban J connectivity index is 1.64. The molecule has 0 spiro atoms. The number of methoxy groups -OCH3 is 1. The minimum absolute atomic E-state index is 0.523. The lowest BCUT2D eigenvalue weighted by molar-refractivity contribution is 0.129. The summed E-state index contributed by atoms with van der Waals surface area (Å²) in [5.41, 5.74) is 1.95. The molecule has 18 heavy (non-hydrogen) atoms. The summed E-state index contributed by atoms with van der Waals surface area (Å²) >= 11 is 0. The smallest absolute Gasteiger partial charge is 0.119 e. The Hall–Kier alpha value is -1.02. The van der Waals surface area contributed by atoms with E-state index >= 15 is 0 Å². The molecule has 2 saturated carbocycles. The molecule has 0 aliphatic heterocycles. The third-order valence-electron chi connectivity index (χ3n) is 4.47. The lowest BCUT2D eigenvalue weighted by atomic mass is 9.65. The first-order valence-corrected chi connectivity index (χ1v) is 7.16. The summed E-state index contributed by atoms with van der Waals surface area (Å²) in [5.74, 6) is 0.983. The zero-order valence-corrected chi connectivity index (χ0v) is 11.2. The van der Waals surface area contributed by atoms with E-state index in [1.165, 1.54) is 50.6 Å². The van der Waals surface area contributed by atoms with Gasteiger partial charge in [-0.25, -0.2) is 0 Å². The Labute approximate surface area is 110 Å². The quantitative estimate of drug-likeness (QED) is 0.831. The Morgan fingerprint density at radius 1 is 1.33 bits per heavy atom. The van der Waals surface area contributed by atoms with Crippen molar-refractivity contribution in [3.05, 3.63) is 29.8 Å². The fourth-order valence-corrected chi connectivity index (χ4v) is 2.96. The highest BCUT2D eigenvalue weighted by Crippen LogP contribution is 2.44.